The van der Waals surface area contributed by atoms with Gasteiger partial charge in [-0.05, 0) is 16.8 Å². The molecule has 2 aromatic carbocycles. The van der Waals surface area contributed by atoms with Gasteiger partial charge in [0.1, 0.15) is 5.76 Å². The maximum atomic E-state index is 9.19. The standard InChI is InChI=1S/C12H10O/c1-9(13)11-7-6-10-4-2-3-5-12(10)8-11/h2-8,13H,1H2. The predicted molar refractivity (Wildman–Crippen MR) is 55.6 cm³/mol. The smallest absolute Gasteiger partial charge is 0.115 e. The molecule has 0 saturated carbocycles. The molecule has 0 aliphatic heterocycles. The Morgan fingerprint density at radius 3 is 2.38 bits per heavy atom. The molecule has 0 saturated heterocycles. The van der Waals surface area contributed by atoms with Crippen LogP contribution in [0.15, 0.2) is 49.0 Å². The minimum Gasteiger partial charge on any atom is -0.508 e. The van der Waals surface area contributed by atoms with Gasteiger partial charge >= 0.3 is 0 Å². The number of aliphatic hydroxyl groups is 1. The molecule has 0 spiro atoms. The van der Waals surface area contributed by atoms with Gasteiger partial charge in [-0.2, -0.15) is 0 Å². The van der Waals surface area contributed by atoms with Crippen LogP contribution in [0.1, 0.15) is 5.56 Å². The zero-order valence-corrected chi connectivity index (χ0v) is 7.20. The average molecular weight is 170 g/mol. The molecule has 13 heavy (non-hydrogen) atoms. The van der Waals surface area contributed by atoms with Crippen molar-refractivity contribution in [1.29, 1.82) is 0 Å². The van der Waals surface area contributed by atoms with Crippen LogP contribution < -0.4 is 0 Å². The van der Waals surface area contributed by atoms with E-state index in [1.807, 2.05) is 42.5 Å². The van der Waals surface area contributed by atoms with E-state index in [0.29, 0.717) is 0 Å². The lowest BCUT2D eigenvalue weighted by atomic mass is 10.1. The van der Waals surface area contributed by atoms with Crippen LogP contribution in [0.4, 0.5) is 0 Å². The van der Waals surface area contributed by atoms with E-state index in [4.69, 9.17) is 0 Å². The molecule has 1 nitrogen and oxygen atoms in total. The second-order valence-electron chi connectivity index (χ2n) is 3.01. The first kappa shape index (κ1) is 7.87. The van der Waals surface area contributed by atoms with Crippen molar-refractivity contribution in [3.63, 3.8) is 0 Å². The first-order chi connectivity index (χ1) is 6.27. The molecular formula is C12H10O. The van der Waals surface area contributed by atoms with E-state index in [2.05, 4.69) is 6.58 Å². The zero-order valence-electron chi connectivity index (χ0n) is 7.20. The van der Waals surface area contributed by atoms with E-state index < -0.39 is 0 Å². The Labute approximate surface area is 76.9 Å². The maximum Gasteiger partial charge on any atom is 0.115 e. The maximum absolute atomic E-state index is 9.19. The number of rotatable bonds is 1. The van der Waals surface area contributed by atoms with Crippen molar-refractivity contribution < 1.29 is 5.11 Å². The molecule has 0 aliphatic rings. The minimum absolute atomic E-state index is 0.116. The van der Waals surface area contributed by atoms with Crippen molar-refractivity contribution in [2.75, 3.05) is 0 Å². The third-order valence-corrected chi connectivity index (χ3v) is 2.08. The molecule has 0 amide bonds. The Bertz CT molecular complexity index is 457. The first-order valence-electron chi connectivity index (χ1n) is 4.14. The largest absolute Gasteiger partial charge is 0.508 e. The van der Waals surface area contributed by atoms with Crippen molar-refractivity contribution in [2.45, 2.75) is 0 Å². The molecule has 0 aliphatic carbocycles. The quantitative estimate of drug-likeness (QED) is 0.650. The topological polar surface area (TPSA) is 20.2 Å². The molecule has 1 N–H and O–H groups in total. The summed E-state index contributed by atoms with van der Waals surface area (Å²) in [7, 11) is 0. The van der Waals surface area contributed by atoms with Gasteiger partial charge < -0.3 is 5.11 Å². The third-order valence-electron chi connectivity index (χ3n) is 2.08. The molecule has 0 unspecified atom stereocenters. The molecule has 64 valence electrons. The summed E-state index contributed by atoms with van der Waals surface area (Å²) in [4.78, 5) is 0. The summed E-state index contributed by atoms with van der Waals surface area (Å²) >= 11 is 0. The van der Waals surface area contributed by atoms with Gasteiger partial charge in [0, 0.05) is 5.56 Å². The van der Waals surface area contributed by atoms with Crippen LogP contribution >= 0.6 is 0 Å². The molecule has 0 radical (unpaired) electrons. The Hall–Kier alpha value is -1.76. The summed E-state index contributed by atoms with van der Waals surface area (Å²) in [5.74, 6) is 0.116. The van der Waals surface area contributed by atoms with Gasteiger partial charge in [-0.3, -0.25) is 0 Å². The molecule has 2 aromatic rings. The van der Waals surface area contributed by atoms with Crippen LogP contribution in [0.25, 0.3) is 16.5 Å². The average Bonchev–Trinajstić information content (AvgIpc) is 2.17. The van der Waals surface area contributed by atoms with Gasteiger partial charge in [0.05, 0.1) is 0 Å². The first-order valence-corrected chi connectivity index (χ1v) is 4.14. The van der Waals surface area contributed by atoms with Crippen molar-refractivity contribution in [3.05, 3.63) is 54.6 Å². The highest BCUT2D eigenvalue weighted by atomic mass is 16.3. The predicted octanol–water partition coefficient (Wildman–Crippen LogP) is 3.37. The lowest BCUT2D eigenvalue weighted by Crippen LogP contribution is -1.80. The van der Waals surface area contributed by atoms with Crippen molar-refractivity contribution in [3.8, 4) is 0 Å². The molecule has 0 aromatic heterocycles. The fraction of sp³-hybridized carbons (Fsp3) is 0. The molecular weight excluding hydrogens is 160 g/mol. The van der Waals surface area contributed by atoms with E-state index in [0.717, 1.165) is 10.9 Å². The second kappa shape index (κ2) is 2.94. The number of hydrogen-bond donors (Lipinski definition) is 1. The number of fused-ring (bicyclic) bond motifs is 1. The monoisotopic (exact) mass is 170 g/mol. The summed E-state index contributed by atoms with van der Waals surface area (Å²) in [6, 6.07) is 13.8. The normalized spacial score (nSPS) is 10.2. The van der Waals surface area contributed by atoms with E-state index in [-0.39, 0.29) is 5.76 Å². The summed E-state index contributed by atoms with van der Waals surface area (Å²) < 4.78 is 0. The van der Waals surface area contributed by atoms with Gasteiger partial charge in [-0.1, -0.05) is 43.0 Å². The summed E-state index contributed by atoms with van der Waals surface area (Å²) in [5, 5.41) is 11.5. The SMILES string of the molecule is C=C(O)c1ccc2ccccc2c1. The molecule has 1 heteroatoms. The van der Waals surface area contributed by atoms with Crippen LogP contribution in [-0.4, -0.2) is 5.11 Å². The highest BCUT2D eigenvalue weighted by Crippen LogP contribution is 2.18. The van der Waals surface area contributed by atoms with Gasteiger partial charge in [-0.15, -0.1) is 0 Å². The van der Waals surface area contributed by atoms with Gasteiger partial charge in [0.25, 0.3) is 0 Å². The molecule has 0 fully saturated rings. The van der Waals surface area contributed by atoms with Gasteiger partial charge in [0.15, 0.2) is 0 Å². The third kappa shape index (κ3) is 1.41. The van der Waals surface area contributed by atoms with Crippen LogP contribution in [0.2, 0.25) is 0 Å². The fourth-order valence-corrected chi connectivity index (χ4v) is 1.37. The molecule has 0 atom stereocenters. The highest BCUT2D eigenvalue weighted by molar-refractivity contribution is 5.85. The lowest BCUT2D eigenvalue weighted by molar-refractivity contribution is 0.514. The summed E-state index contributed by atoms with van der Waals surface area (Å²) in [5.41, 5.74) is 0.777. The minimum atomic E-state index is 0.116. The van der Waals surface area contributed by atoms with E-state index in [1.165, 1.54) is 5.39 Å². The number of aliphatic hydroxyl groups excluding tert-OH is 1. The van der Waals surface area contributed by atoms with Crippen LogP contribution in [-0.2, 0) is 0 Å². The van der Waals surface area contributed by atoms with E-state index in [1.54, 1.807) is 0 Å². The highest BCUT2D eigenvalue weighted by Gasteiger charge is 1.96. The van der Waals surface area contributed by atoms with Gasteiger partial charge in [0.2, 0.25) is 0 Å². The van der Waals surface area contributed by atoms with Crippen molar-refractivity contribution >= 4 is 16.5 Å². The summed E-state index contributed by atoms with van der Waals surface area (Å²) in [6.07, 6.45) is 0. The van der Waals surface area contributed by atoms with Crippen molar-refractivity contribution in [1.82, 2.24) is 0 Å². The molecule has 2 rings (SSSR count). The molecule has 0 bridgehead atoms. The Kier molecular flexibility index (Phi) is 1.78. The number of benzene rings is 2. The second-order valence-corrected chi connectivity index (χ2v) is 3.01. The Morgan fingerprint density at radius 2 is 1.69 bits per heavy atom. The van der Waals surface area contributed by atoms with Crippen LogP contribution in [0, 0.1) is 0 Å². The fourth-order valence-electron chi connectivity index (χ4n) is 1.37. The van der Waals surface area contributed by atoms with Crippen molar-refractivity contribution in [2.24, 2.45) is 0 Å². The Morgan fingerprint density at radius 1 is 1.00 bits per heavy atom. The Balaban J connectivity index is 2.69. The molecule has 0 heterocycles. The van der Waals surface area contributed by atoms with Gasteiger partial charge in [-0.25, -0.2) is 0 Å². The summed E-state index contributed by atoms with van der Waals surface area (Å²) in [6.45, 7) is 3.49. The zero-order chi connectivity index (χ0) is 9.26. The van der Waals surface area contributed by atoms with Crippen LogP contribution in [0.3, 0.4) is 0 Å². The van der Waals surface area contributed by atoms with Crippen LogP contribution in [0.5, 0.6) is 0 Å². The van der Waals surface area contributed by atoms with E-state index >= 15 is 0 Å². The lowest BCUT2D eigenvalue weighted by Gasteiger charge is -2.00. The number of hydrogen-bond acceptors (Lipinski definition) is 1. The van der Waals surface area contributed by atoms with E-state index in [9.17, 15) is 5.11 Å².